The summed E-state index contributed by atoms with van der Waals surface area (Å²) < 4.78 is 5.30. The highest BCUT2D eigenvalue weighted by atomic mass is 16.5. The highest BCUT2D eigenvalue weighted by Crippen LogP contribution is 2.30. The number of hydrogen-bond acceptors (Lipinski definition) is 4. The van der Waals surface area contributed by atoms with Crippen LogP contribution in [0.3, 0.4) is 0 Å². The van der Waals surface area contributed by atoms with Gasteiger partial charge in [-0.15, -0.1) is 6.42 Å². The van der Waals surface area contributed by atoms with Crippen LogP contribution in [0.15, 0.2) is 0 Å². The second-order valence-corrected chi connectivity index (χ2v) is 5.98. The van der Waals surface area contributed by atoms with E-state index in [2.05, 4.69) is 17.3 Å². The van der Waals surface area contributed by atoms with Crippen LogP contribution in [-0.4, -0.2) is 48.7 Å². The van der Waals surface area contributed by atoms with Gasteiger partial charge in [0.1, 0.15) is 6.04 Å². The maximum absolute atomic E-state index is 12.5. The lowest BCUT2D eigenvalue weighted by atomic mass is 9.99. The van der Waals surface area contributed by atoms with E-state index in [0.717, 1.165) is 25.7 Å². The molecule has 0 radical (unpaired) electrons. The molecule has 0 aromatic carbocycles. The summed E-state index contributed by atoms with van der Waals surface area (Å²) in [5.74, 6) is 2.54. The fraction of sp³-hybridized carbons (Fsp3) is 0.750. The van der Waals surface area contributed by atoms with Crippen LogP contribution >= 0.6 is 0 Å². The lowest BCUT2D eigenvalue weighted by Gasteiger charge is -2.31. The van der Waals surface area contributed by atoms with Crippen LogP contribution in [0.2, 0.25) is 0 Å². The van der Waals surface area contributed by atoms with Gasteiger partial charge >= 0.3 is 0 Å². The van der Waals surface area contributed by atoms with Crippen LogP contribution in [0, 0.1) is 23.7 Å². The fourth-order valence-corrected chi connectivity index (χ4v) is 3.50. The molecule has 2 atom stereocenters. The molecule has 1 saturated heterocycles. The zero-order valence-corrected chi connectivity index (χ0v) is 12.6. The molecule has 0 aromatic heterocycles. The predicted molar refractivity (Wildman–Crippen MR) is 79.2 cm³/mol. The number of nitrogens with one attached hydrogen (secondary N) is 1. The van der Waals surface area contributed by atoms with Gasteiger partial charge in [0.2, 0.25) is 5.91 Å². The number of methoxy groups -OCH3 is 1. The highest BCUT2D eigenvalue weighted by Gasteiger charge is 2.38. The van der Waals surface area contributed by atoms with E-state index in [1.165, 1.54) is 0 Å². The summed E-state index contributed by atoms with van der Waals surface area (Å²) >= 11 is 0. The van der Waals surface area contributed by atoms with Crippen molar-refractivity contribution in [1.29, 1.82) is 5.26 Å². The first-order valence-electron chi connectivity index (χ1n) is 7.56. The maximum Gasteiger partial charge on any atom is 0.238 e. The molecule has 1 heterocycles. The first-order chi connectivity index (χ1) is 10.2. The van der Waals surface area contributed by atoms with Crippen molar-refractivity contribution in [2.24, 2.45) is 0 Å². The van der Waals surface area contributed by atoms with Crippen LogP contribution in [0.1, 0.15) is 38.5 Å². The summed E-state index contributed by atoms with van der Waals surface area (Å²) in [7, 11) is 1.68. The largest absolute Gasteiger partial charge is 0.383 e. The first-order valence-corrected chi connectivity index (χ1v) is 7.56. The summed E-state index contributed by atoms with van der Waals surface area (Å²) in [5, 5.41) is 12.5. The summed E-state index contributed by atoms with van der Waals surface area (Å²) in [4.78, 5) is 14.0. The summed E-state index contributed by atoms with van der Waals surface area (Å²) in [5.41, 5.74) is -0.0993. The van der Waals surface area contributed by atoms with Gasteiger partial charge in [-0.1, -0.05) is 18.8 Å². The Morgan fingerprint density at radius 1 is 1.43 bits per heavy atom. The molecule has 0 bridgehead atoms. The molecular formula is C16H23N3O2. The predicted octanol–water partition coefficient (Wildman–Crippen LogP) is 1.05. The van der Waals surface area contributed by atoms with E-state index in [9.17, 15) is 4.79 Å². The molecule has 1 saturated carbocycles. The summed E-state index contributed by atoms with van der Waals surface area (Å²) in [6.45, 7) is 0.834. The Balaban J connectivity index is 1.97. The van der Waals surface area contributed by atoms with Gasteiger partial charge in [0.15, 0.2) is 0 Å². The number of hydrogen-bond donors (Lipinski definition) is 1. The van der Waals surface area contributed by atoms with Crippen molar-refractivity contribution >= 4 is 5.91 Å². The highest BCUT2D eigenvalue weighted by molar-refractivity contribution is 5.80. The standard InChI is InChI=1S/C16H23N3O2/c1-3-13-6-7-14(10-17)19(13)15(20)11-18-16(12-21-2)8-4-5-9-16/h1,13-14,18H,4-9,11-12H2,2H3/t13-,14+/m1/s1. The Hall–Kier alpha value is -1.56. The third kappa shape index (κ3) is 3.37. The molecule has 21 heavy (non-hydrogen) atoms. The number of ether oxygens (including phenoxy) is 1. The van der Waals surface area contributed by atoms with Gasteiger partial charge in [-0.25, -0.2) is 0 Å². The Bertz CT molecular complexity index is 435. The average molecular weight is 289 g/mol. The second-order valence-electron chi connectivity index (χ2n) is 5.98. The lowest BCUT2D eigenvalue weighted by molar-refractivity contribution is -0.131. The SMILES string of the molecule is C#C[C@@H]1CC[C@@H](C#N)N1C(=O)CNC1(COC)CCCC1. The summed E-state index contributed by atoms with van der Waals surface area (Å²) in [6.07, 6.45) is 11.2. The molecule has 5 heteroatoms. The number of amides is 1. The molecule has 2 fully saturated rings. The molecule has 2 rings (SSSR count). The van der Waals surface area contributed by atoms with Gasteiger partial charge in [0.05, 0.1) is 25.3 Å². The van der Waals surface area contributed by atoms with E-state index in [1.54, 1.807) is 12.0 Å². The van der Waals surface area contributed by atoms with Crippen molar-refractivity contribution in [3.05, 3.63) is 0 Å². The number of rotatable bonds is 5. The van der Waals surface area contributed by atoms with Crippen molar-refractivity contribution in [2.75, 3.05) is 20.3 Å². The fourth-order valence-electron chi connectivity index (χ4n) is 3.50. The minimum Gasteiger partial charge on any atom is -0.383 e. The lowest BCUT2D eigenvalue weighted by Crippen LogP contribution is -2.52. The van der Waals surface area contributed by atoms with Crippen LogP contribution in [0.5, 0.6) is 0 Å². The normalized spacial score (nSPS) is 27.3. The minimum atomic E-state index is -0.387. The zero-order valence-electron chi connectivity index (χ0n) is 12.6. The Kier molecular flexibility index (Phi) is 5.22. The van der Waals surface area contributed by atoms with Gasteiger partial charge in [-0.2, -0.15) is 5.26 Å². The van der Waals surface area contributed by atoms with Crippen molar-refractivity contribution in [3.63, 3.8) is 0 Å². The van der Waals surface area contributed by atoms with E-state index in [1.807, 2.05) is 0 Å². The van der Waals surface area contributed by atoms with Crippen LogP contribution in [-0.2, 0) is 9.53 Å². The first kappa shape index (κ1) is 15.8. The molecule has 1 N–H and O–H groups in total. The van der Waals surface area contributed by atoms with Crippen LogP contribution in [0.25, 0.3) is 0 Å². The van der Waals surface area contributed by atoms with Gasteiger partial charge < -0.3 is 15.0 Å². The third-order valence-electron chi connectivity index (χ3n) is 4.61. The summed E-state index contributed by atoms with van der Waals surface area (Å²) in [6, 6.07) is 1.55. The van der Waals surface area contributed by atoms with Crippen molar-refractivity contribution < 1.29 is 9.53 Å². The number of nitrogens with zero attached hydrogens (tertiary/aromatic N) is 2. The molecule has 0 unspecified atom stereocenters. The Labute approximate surface area is 126 Å². The quantitative estimate of drug-likeness (QED) is 0.768. The number of likely N-dealkylation sites (tertiary alicyclic amines) is 1. The van der Waals surface area contributed by atoms with E-state index in [-0.39, 0.29) is 30.1 Å². The van der Waals surface area contributed by atoms with Gasteiger partial charge in [-0.3, -0.25) is 4.79 Å². The molecule has 2 aliphatic rings. The molecule has 0 aromatic rings. The van der Waals surface area contributed by atoms with Crippen molar-refractivity contribution in [2.45, 2.75) is 56.1 Å². The van der Waals surface area contributed by atoms with Gasteiger partial charge in [0.25, 0.3) is 0 Å². The second kappa shape index (κ2) is 6.93. The maximum atomic E-state index is 12.5. The molecule has 1 amide bonds. The van der Waals surface area contributed by atoms with E-state index >= 15 is 0 Å². The van der Waals surface area contributed by atoms with Crippen LogP contribution in [0.4, 0.5) is 0 Å². The Morgan fingerprint density at radius 3 is 2.67 bits per heavy atom. The van der Waals surface area contributed by atoms with Gasteiger partial charge in [-0.05, 0) is 25.7 Å². The van der Waals surface area contributed by atoms with Crippen molar-refractivity contribution in [1.82, 2.24) is 10.2 Å². The van der Waals surface area contributed by atoms with E-state index in [0.29, 0.717) is 19.4 Å². The number of terminal acetylenes is 1. The average Bonchev–Trinajstić information content (AvgIpc) is 3.11. The van der Waals surface area contributed by atoms with E-state index < -0.39 is 0 Å². The minimum absolute atomic E-state index is 0.0793. The van der Waals surface area contributed by atoms with Crippen molar-refractivity contribution in [3.8, 4) is 18.4 Å². The number of nitriles is 1. The topological polar surface area (TPSA) is 65.4 Å². The van der Waals surface area contributed by atoms with Gasteiger partial charge in [0, 0.05) is 12.6 Å². The zero-order chi connectivity index (χ0) is 15.3. The number of carbonyl (C=O) groups excluding carboxylic acids is 1. The number of carbonyl (C=O) groups is 1. The molecule has 0 spiro atoms. The molecule has 1 aliphatic carbocycles. The molecule has 1 aliphatic heterocycles. The Morgan fingerprint density at radius 2 is 2.10 bits per heavy atom. The molecule has 114 valence electrons. The monoisotopic (exact) mass is 289 g/mol. The van der Waals surface area contributed by atoms with E-state index in [4.69, 9.17) is 16.4 Å². The molecular weight excluding hydrogens is 266 g/mol. The molecule has 5 nitrogen and oxygen atoms in total. The third-order valence-corrected chi connectivity index (χ3v) is 4.61. The smallest absolute Gasteiger partial charge is 0.238 e. The van der Waals surface area contributed by atoms with Crippen LogP contribution < -0.4 is 5.32 Å².